The molecule has 1 aromatic heterocycles. The highest BCUT2D eigenvalue weighted by Crippen LogP contribution is 2.07. The van der Waals surface area contributed by atoms with Crippen LogP contribution in [0.1, 0.15) is 5.56 Å². The van der Waals surface area contributed by atoms with E-state index in [0.29, 0.717) is 0 Å². The van der Waals surface area contributed by atoms with Crippen molar-refractivity contribution in [1.29, 1.82) is 0 Å². The summed E-state index contributed by atoms with van der Waals surface area (Å²) in [7, 11) is 0. The molecule has 0 saturated carbocycles. The van der Waals surface area contributed by atoms with Crippen LogP contribution in [0.2, 0.25) is 0 Å². The summed E-state index contributed by atoms with van der Waals surface area (Å²) in [5.74, 6) is 0. The van der Waals surface area contributed by atoms with Gasteiger partial charge in [-0.3, -0.25) is 4.79 Å². The van der Waals surface area contributed by atoms with E-state index in [1.807, 2.05) is 16.8 Å². The van der Waals surface area contributed by atoms with E-state index in [0.717, 1.165) is 5.56 Å². The molecule has 1 heterocycles. The number of halogens is 1. The van der Waals surface area contributed by atoms with E-state index in [-0.39, 0.29) is 0 Å². The number of carbonyl (C=O) groups excluding carboxylic acids is 1. The van der Waals surface area contributed by atoms with Crippen LogP contribution in [0.5, 0.6) is 0 Å². The van der Waals surface area contributed by atoms with Crippen LogP contribution in [-0.4, -0.2) is 5.24 Å². The molecule has 0 unspecified atom stereocenters. The Kier molecular flexibility index (Phi) is 2.66. The second-order valence-corrected chi connectivity index (χ2v) is 2.85. The fourth-order valence-electron chi connectivity index (χ4n) is 0.532. The molecule has 0 aliphatic rings. The number of hydrogen-bond donors (Lipinski definition) is 0. The minimum atomic E-state index is -0.439. The van der Waals surface area contributed by atoms with Crippen LogP contribution < -0.4 is 0 Å². The summed E-state index contributed by atoms with van der Waals surface area (Å²) < 4.78 is 0. The van der Waals surface area contributed by atoms with Gasteiger partial charge in [-0.15, -0.1) is 0 Å². The Morgan fingerprint density at radius 3 is 3.00 bits per heavy atom. The first-order valence-corrected chi connectivity index (χ1v) is 4.01. The SMILES string of the molecule is O=C(Cl)/C=C\c1ccsc1. The molecule has 0 N–H and O–H groups in total. The van der Waals surface area contributed by atoms with Crippen molar-refractivity contribution >= 4 is 34.3 Å². The first kappa shape index (κ1) is 7.51. The fraction of sp³-hybridized carbons (Fsp3) is 0. The Bertz CT molecular complexity index is 238. The van der Waals surface area contributed by atoms with Gasteiger partial charge in [0.15, 0.2) is 0 Å². The molecule has 1 nitrogen and oxygen atoms in total. The predicted octanol–water partition coefficient (Wildman–Crippen LogP) is 2.53. The molecule has 52 valence electrons. The molecule has 0 aliphatic carbocycles. The third-order valence-corrected chi connectivity index (χ3v) is 1.78. The largest absolute Gasteiger partial charge is 0.276 e. The highest BCUT2D eigenvalue weighted by molar-refractivity contribution is 7.08. The quantitative estimate of drug-likeness (QED) is 0.495. The monoisotopic (exact) mass is 172 g/mol. The van der Waals surface area contributed by atoms with Gasteiger partial charge in [0.25, 0.3) is 0 Å². The number of allylic oxidation sites excluding steroid dienone is 1. The zero-order chi connectivity index (χ0) is 7.40. The summed E-state index contributed by atoms with van der Waals surface area (Å²) in [4.78, 5) is 10.2. The summed E-state index contributed by atoms with van der Waals surface area (Å²) in [6.07, 6.45) is 3.02. The van der Waals surface area contributed by atoms with Crippen LogP contribution in [0.25, 0.3) is 6.08 Å². The molecule has 10 heavy (non-hydrogen) atoms. The van der Waals surface area contributed by atoms with Crippen molar-refractivity contribution in [3.63, 3.8) is 0 Å². The molecule has 0 atom stereocenters. The Balaban J connectivity index is 2.64. The Morgan fingerprint density at radius 2 is 2.50 bits per heavy atom. The summed E-state index contributed by atoms with van der Waals surface area (Å²) in [5, 5.41) is 3.44. The minimum Gasteiger partial charge on any atom is -0.276 e. The van der Waals surface area contributed by atoms with Gasteiger partial charge in [-0.25, -0.2) is 0 Å². The fourth-order valence-corrected chi connectivity index (χ4v) is 1.22. The van der Waals surface area contributed by atoms with E-state index in [9.17, 15) is 4.79 Å². The molecule has 0 saturated heterocycles. The molecule has 0 radical (unpaired) electrons. The number of hydrogen-bond acceptors (Lipinski definition) is 2. The van der Waals surface area contributed by atoms with Gasteiger partial charge in [-0.05, 0) is 46.1 Å². The molecule has 0 amide bonds. The maximum atomic E-state index is 10.2. The number of rotatable bonds is 2. The van der Waals surface area contributed by atoms with Gasteiger partial charge >= 0.3 is 0 Å². The molecule has 0 bridgehead atoms. The maximum Gasteiger partial charge on any atom is 0.245 e. The van der Waals surface area contributed by atoms with Gasteiger partial charge in [0.05, 0.1) is 0 Å². The van der Waals surface area contributed by atoms with Gasteiger partial charge < -0.3 is 0 Å². The predicted molar refractivity (Wildman–Crippen MR) is 44.2 cm³/mol. The van der Waals surface area contributed by atoms with Crippen molar-refractivity contribution in [2.45, 2.75) is 0 Å². The van der Waals surface area contributed by atoms with E-state index in [2.05, 4.69) is 0 Å². The Hall–Kier alpha value is -0.600. The summed E-state index contributed by atoms with van der Waals surface area (Å²) >= 11 is 6.66. The lowest BCUT2D eigenvalue weighted by atomic mass is 10.3. The average molecular weight is 173 g/mol. The highest BCUT2D eigenvalue weighted by Gasteiger charge is 1.87. The van der Waals surface area contributed by atoms with E-state index in [4.69, 9.17) is 11.6 Å². The lowest BCUT2D eigenvalue weighted by Crippen LogP contribution is -1.72. The topological polar surface area (TPSA) is 17.1 Å². The van der Waals surface area contributed by atoms with Crippen LogP contribution in [-0.2, 0) is 4.79 Å². The van der Waals surface area contributed by atoms with Crippen molar-refractivity contribution < 1.29 is 4.79 Å². The van der Waals surface area contributed by atoms with Crippen molar-refractivity contribution in [2.75, 3.05) is 0 Å². The second-order valence-electron chi connectivity index (χ2n) is 1.69. The third kappa shape index (κ3) is 2.33. The van der Waals surface area contributed by atoms with Crippen LogP contribution in [0, 0.1) is 0 Å². The van der Waals surface area contributed by atoms with Crippen molar-refractivity contribution in [2.24, 2.45) is 0 Å². The van der Waals surface area contributed by atoms with Crippen molar-refractivity contribution in [3.05, 3.63) is 28.5 Å². The molecule has 0 fully saturated rings. The molecule has 0 spiro atoms. The van der Waals surface area contributed by atoms with Gasteiger partial charge in [-0.1, -0.05) is 0 Å². The first-order valence-electron chi connectivity index (χ1n) is 2.69. The summed E-state index contributed by atoms with van der Waals surface area (Å²) in [6.45, 7) is 0. The zero-order valence-electron chi connectivity index (χ0n) is 5.08. The Labute approximate surface area is 67.9 Å². The van der Waals surface area contributed by atoms with Gasteiger partial charge in [0, 0.05) is 0 Å². The van der Waals surface area contributed by atoms with Crippen molar-refractivity contribution in [1.82, 2.24) is 0 Å². The standard InChI is InChI=1S/C7H5ClOS/c8-7(9)2-1-6-3-4-10-5-6/h1-5H/b2-1-. The highest BCUT2D eigenvalue weighted by atomic mass is 35.5. The smallest absolute Gasteiger partial charge is 0.245 e. The number of thiophene rings is 1. The van der Waals surface area contributed by atoms with E-state index in [1.54, 1.807) is 17.4 Å². The van der Waals surface area contributed by atoms with Crippen molar-refractivity contribution in [3.8, 4) is 0 Å². The van der Waals surface area contributed by atoms with E-state index < -0.39 is 5.24 Å². The minimum absolute atomic E-state index is 0.439. The normalized spacial score (nSPS) is 10.5. The van der Waals surface area contributed by atoms with Gasteiger partial charge in [-0.2, -0.15) is 11.3 Å². The van der Waals surface area contributed by atoms with Crippen LogP contribution in [0.4, 0.5) is 0 Å². The lowest BCUT2D eigenvalue weighted by molar-refractivity contribution is -0.107. The molecule has 1 aromatic rings. The average Bonchev–Trinajstić information content (AvgIpc) is 2.34. The molecular formula is C7H5ClOS. The second kappa shape index (κ2) is 3.54. The molecule has 3 heteroatoms. The van der Waals surface area contributed by atoms with Gasteiger partial charge in [0.2, 0.25) is 5.24 Å². The van der Waals surface area contributed by atoms with Crippen LogP contribution in [0.15, 0.2) is 22.9 Å². The molecular weight excluding hydrogens is 168 g/mol. The van der Waals surface area contributed by atoms with Crippen LogP contribution >= 0.6 is 22.9 Å². The van der Waals surface area contributed by atoms with Crippen LogP contribution in [0.3, 0.4) is 0 Å². The first-order chi connectivity index (χ1) is 4.79. The third-order valence-electron chi connectivity index (χ3n) is 0.950. The summed E-state index contributed by atoms with van der Waals surface area (Å²) in [6, 6.07) is 1.92. The van der Waals surface area contributed by atoms with Gasteiger partial charge in [0.1, 0.15) is 0 Å². The van der Waals surface area contributed by atoms with E-state index in [1.165, 1.54) is 6.08 Å². The lowest BCUT2D eigenvalue weighted by Gasteiger charge is -1.78. The molecule has 1 rings (SSSR count). The summed E-state index contributed by atoms with van der Waals surface area (Å²) in [5.41, 5.74) is 1.01. The maximum absolute atomic E-state index is 10.2. The molecule has 0 aliphatic heterocycles. The Morgan fingerprint density at radius 1 is 1.70 bits per heavy atom. The van der Waals surface area contributed by atoms with E-state index >= 15 is 0 Å². The molecule has 0 aromatic carbocycles. The zero-order valence-corrected chi connectivity index (χ0v) is 6.65. The number of carbonyl (C=O) groups is 1.